The molecule has 0 aliphatic heterocycles. The highest BCUT2D eigenvalue weighted by atomic mass is 16.5. The number of aromatic nitrogens is 2. The number of rotatable bonds is 5. The van der Waals surface area contributed by atoms with Gasteiger partial charge in [-0.3, -0.25) is 14.7 Å². The molecule has 0 bridgehead atoms. The molecule has 0 aliphatic rings. The van der Waals surface area contributed by atoms with E-state index in [4.69, 9.17) is 9.84 Å². The van der Waals surface area contributed by atoms with Crippen LogP contribution in [0.4, 0.5) is 0 Å². The van der Waals surface area contributed by atoms with Gasteiger partial charge in [0.2, 0.25) is 5.88 Å². The maximum absolute atomic E-state index is 11.8. The molecule has 0 spiro atoms. The third-order valence-corrected chi connectivity index (χ3v) is 2.88. The number of nitrogens with one attached hydrogen (secondary N) is 1. The van der Waals surface area contributed by atoms with Crippen LogP contribution in [-0.4, -0.2) is 33.1 Å². The summed E-state index contributed by atoms with van der Waals surface area (Å²) in [5.41, 5.74) is -0.0147. The first-order valence-corrected chi connectivity index (χ1v) is 5.92. The third-order valence-electron chi connectivity index (χ3n) is 2.88. The number of carboxylic acid groups (broad SMARTS) is 1. The molecule has 7 nitrogen and oxygen atoms in total. The molecule has 1 aromatic carbocycles. The van der Waals surface area contributed by atoms with E-state index in [1.807, 2.05) is 0 Å². The molecule has 20 heavy (non-hydrogen) atoms. The van der Waals surface area contributed by atoms with Crippen LogP contribution < -0.4 is 10.3 Å². The minimum atomic E-state index is -1.03. The fourth-order valence-electron chi connectivity index (χ4n) is 1.90. The molecule has 0 atom stereocenters. The second kappa shape index (κ2) is 5.52. The average molecular weight is 278 g/mol. The van der Waals surface area contributed by atoms with E-state index >= 15 is 0 Å². The summed E-state index contributed by atoms with van der Waals surface area (Å²) in [6.07, 6.45) is -0.273. The Kier molecular flexibility index (Phi) is 3.79. The predicted molar refractivity (Wildman–Crippen MR) is 70.6 cm³/mol. The number of aromatic hydroxyl groups is 1. The quantitative estimate of drug-likeness (QED) is 0.753. The first-order valence-electron chi connectivity index (χ1n) is 5.92. The van der Waals surface area contributed by atoms with Gasteiger partial charge < -0.3 is 14.9 Å². The number of carboxylic acids is 1. The minimum Gasteiger partial charge on any atom is -0.494 e. The summed E-state index contributed by atoms with van der Waals surface area (Å²) in [7, 11) is 1.48. The van der Waals surface area contributed by atoms with Crippen molar-refractivity contribution in [3.8, 4) is 17.3 Å². The van der Waals surface area contributed by atoms with E-state index in [0.29, 0.717) is 11.4 Å². The molecule has 106 valence electrons. The smallest absolute Gasteiger partial charge is 0.303 e. The van der Waals surface area contributed by atoms with Gasteiger partial charge in [-0.25, -0.2) is 4.68 Å². The summed E-state index contributed by atoms with van der Waals surface area (Å²) in [4.78, 5) is 22.3. The first kappa shape index (κ1) is 13.7. The van der Waals surface area contributed by atoms with Crippen molar-refractivity contribution in [2.45, 2.75) is 12.8 Å². The molecule has 0 unspecified atom stereocenters. The molecule has 1 aromatic heterocycles. The Morgan fingerprint density at radius 1 is 1.40 bits per heavy atom. The van der Waals surface area contributed by atoms with Crippen molar-refractivity contribution in [3.05, 3.63) is 40.2 Å². The molecule has 0 fully saturated rings. The topological polar surface area (TPSA) is 105 Å². The molecule has 0 radical (unpaired) electrons. The maximum Gasteiger partial charge on any atom is 0.303 e. The van der Waals surface area contributed by atoms with Gasteiger partial charge in [0.05, 0.1) is 12.7 Å². The van der Waals surface area contributed by atoms with Gasteiger partial charge in [-0.1, -0.05) is 12.1 Å². The van der Waals surface area contributed by atoms with E-state index in [1.54, 1.807) is 24.3 Å². The van der Waals surface area contributed by atoms with Crippen LogP contribution in [0.2, 0.25) is 0 Å². The molecule has 0 aliphatic carbocycles. The lowest BCUT2D eigenvalue weighted by atomic mass is 10.2. The molecule has 3 N–H and O–H groups in total. The zero-order valence-corrected chi connectivity index (χ0v) is 10.8. The van der Waals surface area contributed by atoms with E-state index in [2.05, 4.69) is 5.10 Å². The van der Waals surface area contributed by atoms with Crippen LogP contribution in [0.1, 0.15) is 12.0 Å². The number of nitrogens with zero attached hydrogens (tertiary/aromatic N) is 1. The van der Waals surface area contributed by atoms with Gasteiger partial charge in [0.25, 0.3) is 5.56 Å². The number of ether oxygens (including phenoxy) is 1. The van der Waals surface area contributed by atoms with Gasteiger partial charge in [-0.2, -0.15) is 0 Å². The Morgan fingerprint density at radius 3 is 2.75 bits per heavy atom. The van der Waals surface area contributed by atoms with Crippen LogP contribution in [0.25, 0.3) is 5.69 Å². The number of aliphatic carboxylic acids is 1. The number of hydrogen-bond donors (Lipinski definition) is 3. The van der Waals surface area contributed by atoms with Gasteiger partial charge in [-0.05, 0) is 18.6 Å². The van der Waals surface area contributed by atoms with E-state index in [-0.39, 0.29) is 24.3 Å². The lowest BCUT2D eigenvalue weighted by molar-refractivity contribution is -0.136. The molecule has 0 amide bonds. The van der Waals surface area contributed by atoms with Crippen LogP contribution >= 0.6 is 0 Å². The second-order valence-corrected chi connectivity index (χ2v) is 4.14. The zero-order valence-electron chi connectivity index (χ0n) is 10.8. The highest BCUT2D eigenvalue weighted by Gasteiger charge is 2.17. The molecule has 1 heterocycles. The van der Waals surface area contributed by atoms with Crippen LogP contribution in [0.5, 0.6) is 11.6 Å². The van der Waals surface area contributed by atoms with Crippen molar-refractivity contribution in [1.82, 2.24) is 9.78 Å². The SMILES string of the molecule is COc1ccccc1-n1[nH]c(=O)c(CCC(=O)O)c1O. The van der Waals surface area contributed by atoms with Gasteiger partial charge in [0, 0.05) is 6.42 Å². The Labute approximate surface area is 114 Å². The first-order chi connectivity index (χ1) is 9.54. The Balaban J connectivity index is 2.46. The highest BCUT2D eigenvalue weighted by Crippen LogP contribution is 2.26. The summed E-state index contributed by atoms with van der Waals surface area (Å²) in [5, 5.41) is 21.2. The summed E-state index contributed by atoms with van der Waals surface area (Å²) in [6.45, 7) is 0. The van der Waals surface area contributed by atoms with Crippen molar-refractivity contribution in [1.29, 1.82) is 0 Å². The lowest BCUT2D eigenvalue weighted by Gasteiger charge is -2.09. The minimum absolute atomic E-state index is 0.0401. The predicted octanol–water partition coefficient (Wildman–Crippen LogP) is 0.897. The monoisotopic (exact) mass is 278 g/mol. The molecular formula is C13H14N2O5. The Bertz CT molecular complexity index is 686. The zero-order chi connectivity index (χ0) is 14.7. The summed E-state index contributed by atoms with van der Waals surface area (Å²) in [6, 6.07) is 6.83. The van der Waals surface area contributed by atoms with Gasteiger partial charge in [0.15, 0.2) is 0 Å². The van der Waals surface area contributed by atoms with Crippen LogP contribution in [0.15, 0.2) is 29.1 Å². The average Bonchev–Trinajstić information content (AvgIpc) is 2.71. The molecule has 0 saturated carbocycles. The number of benzene rings is 1. The van der Waals surface area contributed by atoms with Crippen LogP contribution in [0.3, 0.4) is 0 Å². The Morgan fingerprint density at radius 2 is 2.10 bits per heavy atom. The molecule has 2 rings (SSSR count). The van der Waals surface area contributed by atoms with Crippen molar-refractivity contribution in [2.75, 3.05) is 7.11 Å². The van der Waals surface area contributed by atoms with Crippen LogP contribution in [0, 0.1) is 0 Å². The maximum atomic E-state index is 11.8. The van der Waals surface area contributed by atoms with E-state index < -0.39 is 11.5 Å². The van der Waals surface area contributed by atoms with Crippen molar-refractivity contribution < 1.29 is 19.7 Å². The summed E-state index contributed by atoms with van der Waals surface area (Å²) in [5.74, 6) is -0.867. The number of methoxy groups -OCH3 is 1. The standard InChI is InChI=1S/C13H14N2O5/c1-20-10-5-3-2-4-9(10)15-13(19)8(12(18)14-15)6-7-11(16)17/h2-5,19H,6-7H2,1H3,(H,14,18)(H,16,17). The molecule has 2 aromatic rings. The van der Waals surface area contributed by atoms with Crippen molar-refractivity contribution in [3.63, 3.8) is 0 Å². The van der Waals surface area contributed by atoms with Gasteiger partial charge in [-0.15, -0.1) is 0 Å². The number of hydrogen-bond acceptors (Lipinski definition) is 4. The van der Waals surface area contributed by atoms with Gasteiger partial charge in [0.1, 0.15) is 11.4 Å². The van der Waals surface area contributed by atoms with Crippen molar-refractivity contribution in [2.24, 2.45) is 0 Å². The Hall–Kier alpha value is -2.70. The summed E-state index contributed by atoms with van der Waals surface area (Å²) >= 11 is 0. The fourth-order valence-corrected chi connectivity index (χ4v) is 1.90. The second-order valence-electron chi connectivity index (χ2n) is 4.14. The normalized spacial score (nSPS) is 10.4. The van der Waals surface area contributed by atoms with E-state index in [0.717, 1.165) is 0 Å². The number of aromatic amines is 1. The third kappa shape index (κ3) is 2.51. The molecular weight excluding hydrogens is 264 g/mol. The summed E-state index contributed by atoms with van der Waals surface area (Å²) < 4.78 is 6.33. The van der Waals surface area contributed by atoms with E-state index in [9.17, 15) is 14.7 Å². The largest absolute Gasteiger partial charge is 0.494 e. The lowest BCUT2D eigenvalue weighted by Crippen LogP contribution is -2.09. The van der Waals surface area contributed by atoms with Gasteiger partial charge >= 0.3 is 5.97 Å². The highest BCUT2D eigenvalue weighted by molar-refractivity contribution is 5.67. The number of H-pyrrole nitrogens is 1. The molecule has 7 heteroatoms. The van der Waals surface area contributed by atoms with E-state index in [1.165, 1.54) is 11.8 Å². The fraction of sp³-hybridized carbons (Fsp3) is 0.231. The number of carbonyl (C=O) groups is 1. The van der Waals surface area contributed by atoms with Crippen LogP contribution in [-0.2, 0) is 11.2 Å². The molecule has 0 saturated heterocycles. The van der Waals surface area contributed by atoms with Crippen molar-refractivity contribution >= 4 is 5.97 Å². The number of para-hydroxylation sites is 2.